The number of hydrogen-bond acceptors (Lipinski definition) is 5. The van der Waals surface area contributed by atoms with E-state index in [0.717, 1.165) is 16.3 Å². The minimum atomic E-state index is -4.81. The first-order valence-corrected chi connectivity index (χ1v) is 10.2. The van der Waals surface area contributed by atoms with Gasteiger partial charge in [0.2, 0.25) is 0 Å². The van der Waals surface area contributed by atoms with Crippen LogP contribution in [0.1, 0.15) is 43.7 Å². The number of pyridine rings is 1. The largest absolute Gasteiger partial charge is 0.494 e. The Labute approximate surface area is 189 Å². The van der Waals surface area contributed by atoms with Crippen LogP contribution in [0.15, 0.2) is 54.9 Å². The van der Waals surface area contributed by atoms with Crippen molar-refractivity contribution in [1.29, 1.82) is 0 Å². The number of carbonyl (C=O) groups is 1. The highest BCUT2D eigenvalue weighted by molar-refractivity contribution is 6.62. The molecule has 7 nitrogen and oxygen atoms in total. The molecule has 1 N–H and O–H groups in total. The molecular weight excluding hydrogens is 436 g/mol. The van der Waals surface area contributed by atoms with Crippen LogP contribution in [0, 0.1) is 0 Å². The van der Waals surface area contributed by atoms with Crippen LogP contribution in [0.2, 0.25) is 0 Å². The Morgan fingerprint density at radius 3 is 2.21 bits per heavy atom. The van der Waals surface area contributed by atoms with E-state index in [9.17, 15) is 18.0 Å². The number of aromatic nitrogens is 3. The van der Waals surface area contributed by atoms with E-state index in [4.69, 9.17) is 9.31 Å². The Hall–Kier alpha value is -3.18. The fourth-order valence-corrected chi connectivity index (χ4v) is 3.26. The van der Waals surface area contributed by atoms with Gasteiger partial charge in [0.25, 0.3) is 5.91 Å². The standard InChI is InChI=1S/C22H22BF3N4O3/c1-20(2)21(3,4)33-23(32-20)14-8-10-15(11-9-14)28-19(31)16-13-30(17-7-5-6-12-27-17)29-18(16)22(24,25)26/h5-13H,1-4H3,(H,28,31). The van der Waals surface area contributed by atoms with Crippen molar-refractivity contribution >= 4 is 24.2 Å². The molecule has 0 radical (unpaired) electrons. The van der Waals surface area contributed by atoms with Crippen LogP contribution in [0.25, 0.3) is 5.82 Å². The third kappa shape index (κ3) is 4.51. The van der Waals surface area contributed by atoms with Crippen LogP contribution in [0.4, 0.5) is 18.9 Å². The molecule has 1 aromatic carbocycles. The van der Waals surface area contributed by atoms with Crippen molar-refractivity contribution in [1.82, 2.24) is 14.8 Å². The summed E-state index contributed by atoms with van der Waals surface area (Å²) in [5.41, 5.74) is -1.87. The first-order valence-electron chi connectivity index (χ1n) is 10.2. The zero-order chi connectivity index (χ0) is 24.0. The molecule has 172 valence electrons. The Morgan fingerprint density at radius 2 is 1.67 bits per heavy atom. The molecule has 4 rings (SSSR count). The average molecular weight is 458 g/mol. The van der Waals surface area contributed by atoms with Crippen molar-refractivity contribution in [2.75, 3.05) is 5.32 Å². The lowest BCUT2D eigenvalue weighted by Crippen LogP contribution is -2.41. The van der Waals surface area contributed by atoms with Gasteiger partial charge in [-0.1, -0.05) is 18.2 Å². The Morgan fingerprint density at radius 1 is 1.03 bits per heavy atom. The third-order valence-electron chi connectivity index (χ3n) is 5.81. The molecule has 0 unspecified atom stereocenters. The molecule has 0 spiro atoms. The van der Waals surface area contributed by atoms with Gasteiger partial charge in [-0.3, -0.25) is 4.79 Å². The monoisotopic (exact) mass is 458 g/mol. The predicted molar refractivity (Wildman–Crippen MR) is 116 cm³/mol. The number of hydrogen-bond donors (Lipinski definition) is 1. The molecule has 0 aliphatic carbocycles. The summed E-state index contributed by atoms with van der Waals surface area (Å²) in [6, 6.07) is 11.3. The van der Waals surface area contributed by atoms with Crippen molar-refractivity contribution < 1.29 is 27.3 Å². The summed E-state index contributed by atoms with van der Waals surface area (Å²) in [5.74, 6) is -0.776. The van der Waals surface area contributed by atoms with Crippen molar-refractivity contribution in [2.45, 2.75) is 45.1 Å². The van der Waals surface area contributed by atoms with Crippen molar-refractivity contribution in [3.05, 3.63) is 66.1 Å². The van der Waals surface area contributed by atoms with Gasteiger partial charge in [-0.2, -0.15) is 18.3 Å². The van der Waals surface area contributed by atoms with E-state index < -0.39 is 41.7 Å². The molecule has 0 atom stereocenters. The summed E-state index contributed by atoms with van der Waals surface area (Å²) in [4.78, 5) is 16.7. The quantitative estimate of drug-likeness (QED) is 0.602. The number of halogens is 3. The fourth-order valence-electron chi connectivity index (χ4n) is 3.26. The zero-order valence-electron chi connectivity index (χ0n) is 18.5. The highest BCUT2D eigenvalue weighted by atomic mass is 19.4. The first kappa shape index (κ1) is 23.0. The van der Waals surface area contributed by atoms with Crippen molar-refractivity contribution in [3.63, 3.8) is 0 Å². The number of nitrogens with one attached hydrogen (secondary N) is 1. The van der Waals surface area contributed by atoms with Crippen molar-refractivity contribution in [2.24, 2.45) is 0 Å². The Balaban J connectivity index is 1.55. The molecule has 0 saturated carbocycles. The number of rotatable bonds is 4. The third-order valence-corrected chi connectivity index (χ3v) is 5.81. The second kappa shape index (κ2) is 8.00. The molecule has 1 aliphatic rings. The number of anilines is 1. The van der Waals surface area contributed by atoms with Gasteiger partial charge in [0.15, 0.2) is 11.5 Å². The van der Waals surface area contributed by atoms with E-state index >= 15 is 0 Å². The van der Waals surface area contributed by atoms with Crippen LogP contribution in [0.3, 0.4) is 0 Å². The first-order chi connectivity index (χ1) is 15.4. The molecule has 0 bridgehead atoms. The van der Waals surface area contributed by atoms with E-state index in [-0.39, 0.29) is 5.82 Å². The fraction of sp³-hybridized carbons (Fsp3) is 0.318. The van der Waals surface area contributed by atoms with Crippen LogP contribution in [-0.4, -0.2) is 39.0 Å². The SMILES string of the molecule is CC1(C)OB(c2ccc(NC(=O)c3cn(-c4ccccn4)nc3C(F)(F)F)cc2)OC1(C)C. The maximum Gasteiger partial charge on any atom is 0.494 e. The lowest BCUT2D eigenvalue weighted by molar-refractivity contribution is -0.141. The summed E-state index contributed by atoms with van der Waals surface area (Å²) in [6.07, 6.45) is -2.38. The van der Waals surface area contributed by atoms with E-state index in [1.54, 1.807) is 36.4 Å². The van der Waals surface area contributed by atoms with Gasteiger partial charge in [-0.05, 0) is 57.4 Å². The Bertz CT molecular complexity index is 1150. The van der Waals surface area contributed by atoms with Crippen LogP contribution in [-0.2, 0) is 15.5 Å². The summed E-state index contributed by atoms with van der Waals surface area (Å²) in [5, 5.41) is 6.03. The lowest BCUT2D eigenvalue weighted by atomic mass is 9.79. The molecule has 3 heterocycles. The smallest absolute Gasteiger partial charge is 0.399 e. The maximum absolute atomic E-state index is 13.5. The number of amides is 1. The van der Waals surface area contributed by atoms with Gasteiger partial charge >= 0.3 is 13.3 Å². The highest BCUT2D eigenvalue weighted by Crippen LogP contribution is 2.36. The number of alkyl halides is 3. The van der Waals surface area contributed by atoms with Crippen molar-refractivity contribution in [3.8, 4) is 5.82 Å². The van der Waals surface area contributed by atoms with Crippen LogP contribution >= 0.6 is 0 Å². The maximum atomic E-state index is 13.5. The molecule has 1 amide bonds. The highest BCUT2D eigenvalue weighted by Gasteiger charge is 2.51. The van der Waals surface area contributed by atoms with E-state index in [1.807, 2.05) is 27.7 Å². The van der Waals surface area contributed by atoms with Crippen LogP contribution < -0.4 is 10.8 Å². The summed E-state index contributed by atoms with van der Waals surface area (Å²) in [6.45, 7) is 7.74. The molecular formula is C22H22BF3N4O3. The minimum Gasteiger partial charge on any atom is -0.399 e. The number of carbonyl (C=O) groups excluding carboxylic acids is 1. The molecule has 2 aromatic heterocycles. The summed E-state index contributed by atoms with van der Waals surface area (Å²) in [7, 11) is -0.590. The average Bonchev–Trinajstić information content (AvgIpc) is 3.28. The molecule has 3 aromatic rings. The number of nitrogens with zero attached hydrogens (tertiary/aromatic N) is 3. The molecule has 11 heteroatoms. The van der Waals surface area contributed by atoms with Crippen LogP contribution in [0.5, 0.6) is 0 Å². The normalized spacial score (nSPS) is 17.2. The van der Waals surface area contributed by atoms with Gasteiger partial charge in [0.05, 0.1) is 16.8 Å². The topological polar surface area (TPSA) is 78.3 Å². The van der Waals surface area contributed by atoms with Gasteiger partial charge in [0, 0.05) is 18.1 Å². The second-order valence-corrected chi connectivity index (χ2v) is 8.69. The van der Waals surface area contributed by atoms with Gasteiger partial charge in [0.1, 0.15) is 0 Å². The zero-order valence-corrected chi connectivity index (χ0v) is 18.5. The van der Waals surface area contributed by atoms with E-state index in [0.29, 0.717) is 5.69 Å². The molecule has 1 fully saturated rings. The molecule has 33 heavy (non-hydrogen) atoms. The van der Waals surface area contributed by atoms with E-state index in [1.165, 1.54) is 12.3 Å². The molecule has 1 aliphatic heterocycles. The van der Waals surface area contributed by atoms with Gasteiger partial charge in [-0.25, -0.2) is 9.67 Å². The van der Waals surface area contributed by atoms with E-state index in [2.05, 4.69) is 15.4 Å². The predicted octanol–water partition coefficient (Wildman–Crippen LogP) is 3.84. The van der Waals surface area contributed by atoms with Gasteiger partial charge < -0.3 is 14.6 Å². The second-order valence-electron chi connectivity index (χ2n) is 8.69. The lowest BCUT2D eigenvalue weighted by Gasteiger charge is -2.32. The summed E-state index contributed by atoms with van der Waals surface area (Å²) < 4.78 is 53.5. The summed E-state index contributed by atoms with van der Waals surface area (Å²) >= 11 is 0. The van der Waals surface area contributed by atoms with Gasteiger partial charge in [-0.15, -0.1) is 0 Å². The minimum absolute atomic E-state index is 0.161. The Kier molecular flexibility index (Phi) is 5.57. The molecule has 1 saturated heterocycles. The number of benzene rings is 1.